The third-order valence-electron chi connectivity index (χ3n) is 3.01. The van der Waals surface area contributed by atoms with Crippen molar-refractivity contribution in [1.29, 1.82) is 0 Å². The van der Waals surface area contributed by atoms with E-state index < -0.39 is 0 Å². The summed E-state index contributed by atoms with van der Waals surface area (Å²) in [6, 6.07) is 0.0451. The Morgan fingerprint density at radius 3 is 2.63 bits per heavy atom. The molecule has 1 heterocycles. The van der Waals surface area contributed by atoms with Gasteiger partial charge in [0.05, 0.1) is 25.7 Å². The third-order valence-corrected chi connectivity index (χ3v) is 3.01. The maximum atomic E-state index is 12.0. The van der Waals surface area contributed by atoms with Crippen LogP contribution in [0.15, 0.2) is 0 Å². The van der Waals surface area contributed by atoms with Crippen LogP contribution in [0.2, 0.25) is 0 Å². The van der Waals surface area contributed by atoms with Crippen molar-refractivity contribution in [2.75, 3.05) is 32.8 Å². The molecule has 1 aliphatic heterocycles. The number of likely N-dealkylation sites (N-methyl/N-ethyl adjacent to an activating group) is 1. The second kappa shape index (κ2) is 8.12. The normalized spacial score (nSPS) is 22.5. The van der Waals surface area contributed by atoms with Crippen molar-refractivity contribution in [2.24, 2.45) is 11.8 Å². The van der Waals surface area contributed by atoms with Crippen LogP contribution in [0.1, 0.15) is 20.8 Å². The van der Waals surface area contributed by atoms with Crippen molar-refractivity contribution in [3.8, 4) is 0 Å². The fourth-order valence-corrected chi connectivity index (χ4v) is 1.96. The van der Waals surface area contributed by atoms with Crippen LogP contribution in [0.25, 0.3) is 0 Å². The van der Waals surface area contributed by atoms with Crippen LogP contribution in [0.4, 0.5) is 0 Å². The molecule has 2 amide bonds. The zero-order chi connectivity index (χ0) is 14.3. The Balaban J connectivity index is 2.28. The van der Waals surface area contributed by atoms with Crippen LogP contribution in [0, 0.1) is 11.8 Å². The molecule has 0 spiro atoms. The predicted octanol–water partition coefficient (Wildman–Crippen LogP) is -0.501. The molecule has 0 aromatic heterocycles. The van der Waals surface area contributed by atoms with Crippen molar-refractivity contribution >= 4 is 11.8 Å². The van der Waals surface area contributed by atoms with E-state index in [1.165, 1.54) is 0 Å². The lowest BCUT2D eigenvalue weighted by Crippen LogP contribution is -2.46. The van der Waals surface area contributed by atoms with E-state index in [1.54, 1.807) is 0 Å². The summed E-state index contributed by atoms with van der Waals surface area (Å²) >= 11 is 0. The molecule has 110 valence electrons. The van der Waals surface area contributed by atoms with Gasteiger partial charge in [0.2, 0.25) is 11.8 Å². The molecule has 1 saturated heterocycles. The van der Waals surface area contributed by atoms with Crippen molar-refractivity contribution in [1.82, 2.24) is 16.0 Å². The molecule has 6 heteroatoms. The molecule has 1 aliphatic rings. The molecule has 0 bridgehead atoms. The molecule has 6 nitrogen and oxygen atoms in total. The van der Waals surface area contributed by atoms with E-state index in [0.29, 0.717) is 25.7 Å². The molecule has 2 unspecified atom stereocenters. The van der Waals surface area contributed by atoms with Crippen LogP contribution in [-0.2, 0) is 14.3 Å². The number of nitrogens with one attached hydrogen (secondary N) is 3. The van der Waals surface area contributed by atoms with Crippen LogP contribution >= 0.6 is 0 Å². The van der Waals surface area contributed by atoms with E-state index in [0.717, 1.165) is 6.54 Å². The number of amides is 2. The molecule has 19 heavy (non-hydrogen) atoms. The van der Waals surface area contributed by atoms with E-state index in [1.807, 2.05) is 20.8 Å². The molecule has 1 fully saturated rings. The molecular formula is C13H25N3O3. The van der Waals surface area contributed by atoms with E-state index in [4.69, 9.17) is 4.74 Å². The first-order valence-corrected chi connectivity index (χ1v) is 6.90. The Morgan fingerprint density at radius 2 is 2.00 bits per heavy atom. The van der Waals surface area contributed by atoms with Gasteiger partial charge in [0.15, 0.2) is 0 Å². The summed E-state index contributed by atoms with van der Waals surface area (Å²) in [5.74, 6) is -0.0806. The molecule has 1 rings (SSSR count). The van der Waals surface area contributed by atoms with Gasteiger partial charge in [0.25, 0.3) is 0 Å². The van der Waals surface area contributed by atoms with Gasteiger partial charge in [-0.3, -0.25) is 9.59 Å². The zero-order valence-corrected chi connectivity index (χ0v) is 12.0. The fraction of sp³-hybridized carbons (Fsp3) is 0.846. The van der Waals surface area contributed by atoms with Crippen molar-refractivity contribution < 1.29 is 14.3 Å². The monoisotopic (exact) mass is 271 g/mol. The van der Waals surface area contributed by atoms with Gasteiger partial charge in [-0.1, -0.05) is 20.8 Å². The van der Waals surface area contributed by atoms with Gasteiger partial charge >= 0.3 is 0 Å². The Kier molecular flexibility index (Phi) is 6.80. The van der Waals surface area contributed by atoms with Gasteiger partial charge in [-0.25, -0.2) is 0 Å². The van der Waals surface area contributed by atoms with Crippen LogP contribution < -0.4 is 16.0 Å². The Hall–Kier alpha value is -1.14. The smallest absolute Gasteiger partial charge is 0.239 e. The van der Waals surface area contributed by atoms with E-state index in [-0.39, 0.29) is 30.3 Å². The SMILES string of the molecule is CCNC1COCC1C(=O)NCC(=O)NCC(C)C. The van der Waals surface area contributed by atoms with E-state index in [2.05, 4.69) is 16.0 Å². The second-order valence-electron chi connectivity index (χ2n) is 5.22. The topological polar surface area (TPSA) is 79.5 Å². The number of rotatable bonds is 7. The van der Waals surface area contributed by atoms with Crippen LogP contribution in [0.5, 0.6) is 0 Å². The van der Waals surface area contributed by atoms with Gasteiger partial charge in [-0.05, 0) is 12.5 Å². The van der Waals surface area contributed by atoms with Gasteiger partial charge in [-0.15, -0.1) is 0 Å². The highest BCUT2D eigenvalue weighted by Gasteiger charge is 2.33. The quantitative estimate of drug-likeness (QED) is 0.583. The molecule has 0 aromatic rings. The minimum atomic E-state index is -0.210. The first kappa shape index (κ1) is 15.9. The first-order valence-electron chi connectivity index (χ1n) is 6.90. The molecule has 0 radical (unpaired) electrons. The summed E-state index contributed by atoms with van der Waals surface area (Å²) in [6.45, 7) is 8.45. The molecule has 0 aliphatic carbocycles. The minimum absolute atomic E-state index is 0.0287. The summed E-state index contributed by atoms with van der Waals surface area (Å²) in [5, 5.41) is 8.65. The lowest BCUT2D eigenvalue weighted by atomic mass is 10.0. The zero-order valence-electron chi connectivity index (χ0n) is 12.0. The minimum Gasteiger partial charge on any atom is -0.379 e. The molecular weight excluding hydrogens is 246 g/mol. The Morgan fingerprint density at radius 1 is 1.26 bits per heavy atom. The van der Waals surface area contributed by atoms with Crippen LogP contribution in [0.3, 0.4) is 0 Å². The van der Waals surface area contributed by atoms with Crippen LogP contribution in [-0.4, -0.2) is 50.7 Å². The maximum absolute atomic E-state index is 12.0. The fourth-order valence-electron chi connectivity index (χ4n) is 1.96. The molecule has 3 N–H and O–H groups in total. The van der Waals surface area contributed by atoms with Crippen molar-refractivity contribution in [3.63, 3.8) is 0 Å². The summed E-state index contributed by atoms with van der Waals surface area (Å²) in [4.78, 5) is 23.5. The van der Waals surface area contributed by atoms with Gasteiger partial charge < -0.3 is 20.7 Å². The standard InChI is InChI=1S/C13H25N3O3/c1-4-14-11-8-19-7-10(11)13(18)16-6-12(17)15-5-9(2)3/h9-11,14H,4-8H2,1-3H3,(H,15,17)(H,16,18). The Bertz CT molecular complexity index is 308. The molecule has 0 aromatic carbocycles. The number of carbonyl (C=O) groups is 2. The lowest BCUT2D eigenvalue weighted by Gasteiger charge is -2.17. The van der Waals surface area contributed by atoms with Gasteiger partial charge in [0, 0.05) is 12.6 Å². The number of carbonyl (C=O) groups excluding carboxylic acids is 2. The summed E-state index contributed by atoms with van der Waals surface area (Å²) in [5.41, 5.74) is 0. The summed E-state index contributed by atoms with van der Waals surface area (Å²) in [6.07, 6.45) is 0. The number of hydrogen-bond acceptors (Lipinski definition) is 4. The van der Waals surface area contributed by atoms with E-state index in [9.17, 15) is 9.59 Å². The highest BCUT2D eigenvalue weighted by atomic mass is 16.5. The van der Waals surface area contributed by atoms with Gasteiger partial charge in [0.1, 0.15) is 0 Å². The highest BCUT2D eigenvalue weighted by Crippen LogP contribution is 2.13. The number of ether oxygens (including phenoxy) is 1. The maximum Gasteiger partial charge on any atom is 0.239 e. The highest BCUT2D eigenvalue weighted by molar-refractivity contribution is 5.86. The number of hydrogen-bond donors (Lipinski definition) is 3. The lowest BCUT2D eigenvalue weighted by molar-refractivity contribution is -0.128. The average molecular weight is 271 g/mol. The third kappa shape index (κ3) is 5.57. The summed E-state index contributed by atoms with van der Waals surface area (Å²) in [7, 11) is 0. The molecule has 0 saturated carbocycles. The first-order chi connectivity index (χ1) is 9.04. The molecule has 2 atom stereocenters. The van der Waals surface area contributed by atoms with Crippen molar-refractivity contribution in [2.45, 2.75) is 26.8 Å². The second-order valence-corrected chi connectivity index (χ2v) is 5.22. The summed E-state index contributed by atoms with van der Waals surface area (Å²) < 4.78 is 5.31. The average Bonchev–Trinajstić information content (AvgIpc) is 2.82. The van der Waals surface area contributed by atoms with Crippen molar-refractivity contribution in [3.05, 3.63) is 0 Å². The predicted molar refractivity (Wildman–Crippen MR) is 72.6 cm³/mol. The van der Waals surface area contributed by atoms with E-state index >= 15 is 0 Å². The Labute approximate surface area is 114 Å². The van der Waals surface area contributed by atoms with Gasteiger partial charge in [-0.2, -0.15) is 0 Å². The largest absolute Gasteiger partial charge is 0.379 e.